The highest BCUT2D eigenvalue weighted by molar-refractivity contribution is 5.94. The first-order valence-corrected chi connectivity index (χ1v) is 9.86. The third-order valence-electron chi connectivity index (χ3n) is 5.09. The zero-order chi connectivity index (χ0) is 21.1. The average Bonchev–Trinajstić information content (AvgIpc) is 3.09. The van der Waals surface area contributed by atoms with Crippen LogP contribution in [0.2, 0.25) is 0 Å². The van der Waals surface area contributed by atoms with E-state index < -0.39 is 0 Å². The van der Waals surface area contributed by atoms with Crippen molar-refractivity contribution in [2.24, 2.45) is 0 Å². The fourth-order valence-corrected chi connectivity index (χ4v) is 3.26. The summed E-state index contributed by atoms with van der Waals surface area (Å²) in [5, 5.41) is 6.93. The highest BCUT2D eigenvalue weighted by Gasteiger charge is 2.17. The Morgan fingerprint density at radius 2 is 1.83 bits per heavy atom. The lowest BCUT2D eigenvalue weighted by atomic mass is 10.1. The summed E-state index contributed by atoms with van der Waals surface area (Å²) in [4.78, 5) is 12.6. The van der Waals surface area contributed by atoms with E-state index in [0.29, 0.717) is 36.9 Å². The normalized spacial score (nSPS) is 13.6. The molecule has 1 N–H and O–H groups in total. The summed E-state index contributed by atoms with van der Waals surface area (Å²) in [5.74, 6) is 2.70. The number of hydrogen-bond donors (Lipinski definition) is 1. The minimum absolute atomic E-state index is 0.158. The van der Waals surface area contributed by atoms with Crippen LogP contribution in [0.3, 0.4) is 0 Å². The van der Waals surface area contributed by atoms with Crippen molar-refractivity contribution in [2.75, 3.05) is 13.2 Å². The molecule has 0 aliphatic carbocycles. The van der Waals surface area contributed by atoms with E-state index in [9.17, 15) is 4.79 Å². The number of nitrogens with zero attached hydrogens (tertiary/aromatic N) is 1. The molecule has 1 aliphatic rings. The molecule has 0 saturated carbocycles. The Hall–Kier alpha value is -3.48. The third-order valence-corrected chi connectivity index (χ3v) is 5.09. The van der Waals surface area contributed by atoms with Crippen LogP contribution >= 0.6 is 0 Å². The smallest absolute Gasteiger partial charge is 0.251 e. The van der Waals surface area contributed by atoms with Crippen LogP contribution in [-0.4, -0.2) is 24.3 Å². The first-order chi connectivity index (χ1) is 14.5. The van der Waals surface area contributed by atoms with Crippen LogP contribution in [0.5, 0.6) is 17.2 Å². The number of rotatable bonds is 6. The van der Waals surface area contributed by atoms with Gasteiger partial charge in [0.25, 0.3) is 5.91 Å². The Balaban J connectivity index is 1.36. The molecule has 1 aliphatic heterocycles. The zero-order valence-electron chi connectivity index (χ0n) is 17.2. The monoisotopic (exact) mass is 408 g/mol. The van der Waals surface area contributed by atoms with Crippen LogP contribution in [0.1, 0.15) is 45.9 Å². The van der Waals surface area contributed by atoms with Crippen molar-refractivity contribution in [1.82, 2.24) is 10.5 Å². The molecule has 0 fully saturated rings. The third kappa shape index (κ3) is 4.25. The van der Waals surface area contributed by atoms with Crippen molar-refractivity contribution >= 4 is 5.91 Å². The van der Waals surface area contributed by atoms with Crippen LogP contribution in [0.4, 0.5) is 0 Å². The number of hydrogen-bond acceptors (Lipinski definition) is 6. The van der Waals surface area contributed by atoms with Gasteiger partial charge < -0.3 is 24.1 Å². The second kappa shape index (κ2) is 8.49. The second-order valence-corrected chi connectivity index (χ2v) is 7.21. The van der Waals surface area contributed by atoms with Crippen LogP contribution in [0.15, 0.2) is 47.0 Å². The largest absolute Gasteiger partial charge is 0.489 e. The topological polar surface area (TPSA) is 82.8 Å². The average molecular weight is 408 g/mol. The lowest BCUT2D eigenvalue weighted by Crippen LogP contribution is -2.26. The quantitative estimate of drug-likeness (QED) is 0.660. The maximum absolute atomic E-state index is 12.6. The summed E-state index contributed by atoms with van der Waals surface area (Å²) in [6.07, 6.45) is 0. The molecule has 1 atom stereocenters. The molecule has 156 valence electrons. The molecule has 7 heteroatoms. The number of aryl methyl sites for hydroxylation is 2. The van der Waals surface area contributed by atoms with Gasteiger partial charge in [0.1, 0.15) is 31.3 Å². The predicted molar refractivity (Wildman–Crippen MR) is 110 cm³/mol. The van der Waals surface area contributed by atoms with Crippen LogP contribution in [0.25, 0.3) is 0 Å². The molecule has 4 rings (SSSR count). The van der Waals surface area contributed by atoms with Gasteiger partial charge in [-0.1, -0.05) is 11.2 Å². The van der Waals surface area contributed by atoms with Crippen molar-refractivity contribution in [2.45, 2.75) is 33.4 Å². The lowest BCUT2D eigenvalue weighted by molar-refractivity contribution is 0.0939. The predicted octanol–water partition coefficient (Wildman–Crippen LogP) is 4.13. The van der Waals surface area contributed by atoms with Gasteiger partial charge in [-0.3, -0.25) is 4.79 Å². The summed E-state index contributed by atoms with van der Waals surface area (Å²) in [7, 11) is 0. The van der Waals surface area contributed by atoms with Gasteiger partial charge in [-0.15, -0.1) is 0 Å². The standard InChI is InChI=1S/C23H24N2O5/c1-14(18-6-9-21-22(12-18)28-11-10-27-21)24-23(26)17-4-7-19(8-5-17)29-13-20-15(2)25-30-16(20)3/h4-9,12,14H,10-11,13H2,1-3H3,(H,24,26)/t14-/m1/s1. The number of benzene rings is 2. The molecule has 0 spiro atoms. The minimum atomic E-state index is -0.177. The molecular weight excluding hydrogens is 384 g/mol. The summed E-state index contributed by atoms with van der Waals surface area (Å²) in [5.41, 5.74) is 3.26. The van der Waals surface area contributed by atoms with E-state index in [-0.39, 0.29) is 11.9 Å². The fraction of sp³-hybridized carbons (Fsp3) is 0.304. The molecule has 30 heavy (non-hydrogen) atoms. The van der Waals surface area contributed by atoms with Crippen LogP contribution in [-0.2, 0) is 6.61 Å². The van der Waals surface area contributed by atoms with Crippen LogP contribution < -0.4 is 19.5 Å². The van der Waals surface area contributed by atoms with Crippen molar-refractivity contribution in [3.05, 3.63) is 70.6 Å². The molecule has 0 bridgehead atoms. The molecule has 3 aromatic rings. The summed E-state index contributed by atoms with van der Waals surface area (Å²) in [6.45, 7) is 7.12. The SMILES string of the molecule is Cc1noc(C)c1COc1ccc(C(=O)N[C@H](C)c2ccc3c(c2)OCCO3)cc1. The Labute approximate surface area is 174 Å². The zero-order valence-corrected chi connectivity index (χ0v) is 17.2. The van der Waals surface area contributed by atoms with Gasteiger partial charge in [0.2, 0.25) is 0 Å². The number of amides is 1. The van der Waals surface area contributed by atoms with E-state index in [1.165, 1.54) is 0 Å². The fourth-order valence-electron chi connectivity index (χ4n) is 3.26. The molecule has 0 unspecified atom stereocenters. The van der Waals surface area contributed by atoms with Crippen molar-refractivity contribution in [3.8, 4) is 17.2 Å². The highest BCUT2D eigenvalue weighted by Crippen LogP contribution is 2.32. The van der Waals surface area contributed by atoms with E-state index in [4.69, 9.17) is 18.7 Å². The van der Waals surface area contributed by atoms with Crippen LogP contribution in [0, 0.1) is 13.8 Å². The molecule has 2 heterocycles. The molecule has 7 nitrogen and oxygen atoms in total. The van der Waals surface area contributed by atoms with Crippen molar-refractivity contribution in [3.63, 3.8) is 0 Å². The van der Waals surface area contributed by atoms with Gasteiger partial charge in [0, 0.05) is 5.56 Å². The summed E-state index contributed by atoms with van der Waals surface area (Å²) >= 11 is 0. The Morgan fingerprint density at radius 3 is 2.53 bits per heavy atom. The first kappa shape index (κ1) is 19.8. The van der Waals surface area contributed by atoms with E-state index in [0.717, 1.165) is 28.3 Å². The van der Waals surface area contributed by atoms with Gasteiger partial charge in [0.05, 0.1) is 17.3 Å². The Morgan fingerprint density at radius 1 is 1.10 bits per heavy atom. The summed E-state index contributed by atoms with van der Waals surface area (Å²) < 4.78 is 22.1. The van der Waals surface area contributed by atoms with Gasteiger partial charge in [0.15, 0.2) is 11.5 Å². The van der Waals surface area contributed by atoms with Crippen molar-refractivity contribution < 1.29 is 23.5 Å². The molecule has 0 radical (unpaired) electrons. The van der Waals surface area contributed by atoms with E-state index >= 15 is 0 Å². The van der Waals surface area contributed by atoms with Gasteiger partial charge in [-0.05, 0) is 62.7 Å². The van der Waals surface area contributed by atoms with Gasteiger partial charge >= 0.3 is 0 Å². The maximum atomic E-state index is 12.6. The van der Waals surface area contributed by atoms with E-state index in [1.807, 2.05) is 39.0 Å². The number of nitrogens with one attached hydrogen (secondary N) is 1. The minimum Gasteiger partial charge on any atom is -0.489 e. The highest BCUT2D eigenvalue weighted by atomic mass is 16.6. The maximum Gasteiger partial charge on any atom is 0.251 e. The van der Waals surface area contributed by atoms with E-state index in [2.05, 4.69) is 10.5 Å². The van der Waals surface area contributed by atoms with E-state index in [1.54, 1.807) is 24.3 Å². The number of fused-ring (bicyclic) bond motifs is 1. The Bertz CT molecular complexity index is 1020. The molecule has 2 aromatic carbocycles. The number of ether oxygens (including phenoxy) is 3. The second-order valence-electron chi connectivity index (χ2n) is 7.21. The Kier molecular flexibility index (Phi) is 5.61. The molecular formula is C23H24N2O5. The molecule has 1 aromatic heterocycles. The number of carbonyl (C=O) groups is 1. The van der Waals surface area contributed by atoms with Gasteiger partial charge in [-0.25, -0.2) is 0 Å². The van der Waals surface area contributed by atoms with Crippen molar-refractivity contribution in [1.29, 1.82) is 0 Å². The molecule has 0 saturated heterocycles. The first-order valence-electron chi connectivity index (χ1n) is 9.86. The molecule has 1 amide bonds. The van der Waals surface area contributed by atoms with Gasteiger partial charge in [-0.2, -0.15) is 0 Å². The number of aromatic nitrogens is 1. The lowest BCUT2D eigenvalue weighted by Gasteiger charge is -2.21. The summed E-state index contributed by atoms with van der Waals surface area (Å²) in [6, 6.07) is 12.6. The number of carbonyl (C=O) groups excluding carboxylic acids is 1.